The van der Waals surface area contributed by atoms with Crippen LogP contribution >= 0.6 is 23.2 Å². The summed E-state index contributed by atoms with van der Waals surface area (Å²) in [6.45, 7) is 4.97. The van der Waals surface area contributed by atoms with Gasteiger partial charge in [0.05, 0.1) is 34.1 Å². The van der Waals surface area contributed by atoms with E-state index in [9.17, 15) is 24.6 Å². The summed E-state index contributed by atoms with van der Waals surface area (Å²) in [5.41, 5.74) is 3.43. The van der Waals surface area contributed by atoms with E-state index in [0.717, 1.165) is 16.7 Å². The molecular weight excluding hydrogens is 601 g/mol. The SMILES string of the molecule is Cc1c(O)[nH]c(O)c1C(=O)[C@@H](NC(=O)CC(NC(=O)C=Cc1ccc(-c2ccccc2)cc1)c1cccc(Cl)c1Cl)C(C)C. The molecular formula is C34H33Cl2N3O5. The van der Waals surface area contributed by atoms with E-state index in [1.54, 1.807) is 38.1 Å². The second-order valence-electron chi connectivity index (χ2n) is 10.7. The predicted molar refractivity (Wildman–Crippen MR) is 173 cm³/mol. The van der Waals surface area contributed by atoms with Crippen LogP contribution in [0.2, 0.25) is 10.0 Å². The predicted octanol–water partition coefficient (Wildman–Crippen LogP) is 6.99. The van der Waals surface area contributed by atoms with Crippen molar-refractivity contribution in [2.75, 3.05) is 0 Å². The van der Waals surface area contributed by atoms with Crippen LogP contribution in [0.3, 0.4) is 0 Å². The third-order valence-corrected chi connectivity index (χ3v) is 8.06. The van der Waals surface area contributed by atoms with E-state index in [1.165, 1.54) is 13.0 Å². The van der Waals surface area contributed by atoms with Crippen LogP contribution in [0.15, 0.2) is 78.9 Å². The van der Waals surface area contributed by atoms with Crippen molar-refractivity contribution in [1.29, 1.82) is 0 Å². The lowest BCUT2D eigenvalue weighted by molar-refractivity contribution is -0.123. The number of aromatic nitrogens is 1. The van der Waals surface area contributed by atoms with E-state index < -0.39 is 35.6 Å². The maximum absolute atomic E-state index is 13.3. The van der Waals surface area contributed by atoms with Crippen molar-refractivity contribution in [3.05, 3.63) is 111 Å². The van der Waals surface area contributed by atoms with Gasteiger partial charge in [-0.1, -0.05) is 104 Å². The number of hydrogen-bond acceptors (Lipinski definition) is 5. The number of benzene rings is 3. The Hall–Kier alpha value is -4.53. The third kappa shape index (κ3) is 7.70. The maximum Gasteiger partial charge on any atom is 0.244 e. The van der Waals surface area contributed by atoms with Crippen molar-refractivity contribution in [1.82, 2.24) is 15.6 Å². The van der Waals surface area contributed by atoms with Gasteiger partial charge in [-0.15, -0.1) is 0 Å². The number of nitrogens with one attached hydrogen (secondary N) is 3. The van der Waals surface area contributed by atoms with Crippen LogP contribution in [0.1, 0.15) is 53.4 Å². The first-order chi connectivity index (χ1) is 21.0. The number of amides is 2. The topological polar surface area (TPSA) is 132 Å². The Morgan fingerprint density at radius 1 is 0.864 bits per heavy atom. The zero-order chi connectivity index (χ0) is 32.0. The van der Waals surface area contributed by atoms with Gasteiger partial charge in [0.15, 0.2) is 11.7 Å². The molecule has 0 aliphatic rings. The first kappa shape index (κ1) is 32.4. The normalized spacial score (nSPS) is 12.7. The van der Waals surface area contributed by atoms with Crippen molar-refractivity contribution < 1.29 is 24.6 Å². The highest BCUT2D eigenvalue weighted by atomic mass is 35.5. The number of Topliss-reactive ketones (excluding diaryl/α,β-unsaturated/α-hetero) is 1. The minimum Gasteiger partial charge on any atom is -0.494 e. The average Bonchev–Trinajstić information content (AvgIpc) is 3.26. The maximum atomic E-state index is 13.3. The van der Waals surface area contributed by atoms with Crippen molar-refractivity contribution in [2.45, 2.75) is 39.3 Å². The fourth-order valence-corrected chi connectivity index (χ4v) is 5.25. The van der Waals surface area contributed by atoms with Crippen molar-refractivity contribution in [3.8, 4) is 22.9 Å². The number of aromatic amines is 1. The van der Waals surface area contributed by atoms with Crippen LogP contribution in [0.4, 0.5) is 0 Å². The van der Waals surface area contributed by atoms with E-state index in [-0.39, 0.29) is 39.4 Å². The first-order valence-electron chi connectivity index (χ1n) is 14.0. The summed E-state index contributed by atoms with van der Waals surface area (Å²) < 4.78 is 0. The van der Waals surface area contributed by atoms with E-state index in [1.807, 2.05) is 54.6 Å². The van der Waals surface area contributed by atoms with Gasteiger partial charge in [0, 0.05) is 11.6 Å². The van der Waals surface area contributed by atoms with Crippen LogP contribution in [0, 0.1) is 12.8 Å². The molecule has 0 saturated heterocycles. The third-order valence-electron chi connectivity index (χ3n) is 7.22. The number of halogens is 2. The number of hydrogen-bond donors (Lipinski definition) is 5. The molecule has 2 amide bonds. The largest absolute Gasteiger partial charge is 0.494 e. The second kappa shape index (κ2) is 14.3. The molecule has 2 atom stereocenters. The first-order valence-corrected chi connectivity index (χ1v) is 14.7. The molecule has 0 radical (unpaired) electrons. The highest BCUT2D eigenvalue weighted by Gasteiger charge is 2.32. The molecule has 1 unspecified atom stereocenters. The smallest absolute Gasteiger partial charge is 0.244 e. The fourth-order valence-electron chi connectivity index (χ4n) is 4.81. The van der Waals surface area contributed by atoms with Crippen LogP contribution in [0.25, 0.3) is 17.2 Å². The van der Waals surface area contributed by atoms with Gasteiger partial charge in [0.1, 0.15) is 0 Å². The Balaban J connectivity index is 1.51. The summed E-state index contributed by atoms with van der Waals surface area (Å²) >= 11 is 12.7. The number of ketones is 1. The molecule has 4 rings (SSSR count). The number of aromatic hydroxyl groups is 2. The number of H-pyrrole nitrogens is 1. The molecule has 1 heterocycles. The molecule has 0 aliphatic carbocycles. The molecule has 4 aromatic rings. The van der Waals surface area contributed by atoms with Crippen LogP contribution in [0.5, 0.6) is 11.8 Å². The van der Waals surface area contributed by atoms with Crippen molar-refractivity contribution >= 4 is 46.9 Å². The lowest BCUT2D eigenvalue weighted by Crippen LogP contribution is -2.45. The van der Waals surface area contributed by atoms with Crippen LogP contribution < -0.4 is 10.6 Å². The highest BCUT2D eigenvalue weighted by molar-refractivity contribution is 6.42. The van der Waals surface area contributed by atoms with Gasteiger partial charge in [-0.25, -0.2) is 0 Å². The Kier molecular flexibility index (Phi) is 10.5. The Morgan fingerprint density at radius 2 is 1.52 bits per heavy atom. The van der Waals surface area contributed by atoms with E-state index in [4.69, 9.17) is 23.2 Å². The Morgan fingerprint density at radius 3 is 2.14 bits per heavy atom. The molecule has 0 fully saturated rings. The molecule has 228 valence electrons. The van der Waals surface area contributed by atoms with E-state index >= 15 is 0 Å². The summed E-state index contributed by atoms with van der Waals surface area (Å²) in [4.78, 5) is 42.0. The monoisotopic (exact) mass is 633 g/mol. The molecule has 0 spiro atoms. The summed E-state index contributed by atoms with van der Waals surface area (Å²) in [5.74, 6) is -2.76. The summed E-state index contributed by atoms with van der Waals surface area (Å²) in [6.07, 6.45) is 2.77. The molecule has 44 heavy (non-hydrogen) atoms. The van der Waals surface area contributed by atoms with Gasteiger partial charge in [-0.05, 0) is 47.2 Å². The number of rotatable bonds is 11. The zero-order valence-electron chi connectivity index (χ0n) is 24.4. The molecule has 0 aliphatic heterocycles. The Labute approximate surface area is 265 Å². The fraction of sp³-hybridized carbons (Fsp3) is 0.206. The molecule has 3 aromatic carbocycles. The van der Waals surface area contributed by atoms with Crippen molar-refractivity contribution in [2.24, 2.45) is 5.92 Å². The quantitative estimate of drug-likeness (QED) is 0.0897. The lowest BCUT2D eigenvalue weighted by Gasteiger charge is -2.24. The molecule has 0 bridgehead atoms. The second-order valence-corrected chi connectivity index (χ2v) is 11.5. The van der Waals surface area contributed by atoms with E-state index in [2.05, 4.69) is 15.6 Å². The molecule has 8 nitrogen and oxygen atoms in total. The average molecular weight is 635 g/mol. The minimum absolute atomic E-state index is 0.105. The van der Waals surface area contributed by atoms with Gasteiger partial charge < -0.3 is 20.8 Å². The van der Waals surface area contributed by atoms with Crippen LogP contribution in [-0.2, 0) is 9.59 Å². The summed E-state index contributed by atoms with van der Waals surface area (Å²) in [5, 5.41) is 26.1. The zero-order valence-corrected chi connectivity index (χ0v) is 25.9. The van der Waals surface area contributed by atoms with Crippen LogP contribution in [-0.4, -0.2) is 38.8 Å². The standard InChI is InChI=1S/C34H33Cl2N3O5/c1-19(2)31(32(42)29-20(3)33(43)39-34(29)44)38-28(41)18-26(24-10-7-11-25(35)30(24)36)37-27(40)17-14-21-12-15-23(16-13-21)22-8-5-4-6-9-22/h4-17,19,26,31,39,43-44H,18H2,1-3H3,(H,37,40)(H,38,41)/t26?,31-/m0/s1. The van der Waals surface area contributed by atoms with Gasteiger partial charge in [-0.2, -0.15) is 0 Å². The highest BCUT2D eigenvalue weighted by Crippen LogP contribution is 2.33. The van der Waals surface area contributed by atoms with Gasteiger partial charge in [-0.3, -0.25) is 19.4 Å². The number of carbonyl (C=O) groups excluding carboxylic acids is 3. The van der Waals surface area contributed by atoms with Gasteiger partial charge >= 0.3 is 0 Å². The van der Waals surface area contributed by atoms with Gasteiger partial charge in [0.2, 0.25) is 17.7 Å². The number of carbonyl (C=O) groups is 3. The molecule has 5 N–H and O–H groups in total. The van der Waals surface area contributed by atoms with Crippen molar-refractivity contribution in [3.63, 3.8) is 0 Å². The lowest BCUT2D eigenvalue weighted by atomic mass is 9.93. The summed E-state index contributed by atoms with van der Waals surface area (Å²) in [6, 6.07) is 20.7. The molecule has 0 saturated carbocycles. The van der Waals surface area contributed by atoms with E-state index in [0.29, 0.717) is 5.56 Å². The Bertz CT molecular complexity index is 1680. The summed E-state index contributed by atoms with van der Waals surface area (Å²) in [7, 11) is 0. The molecule has 10 heteroatoms. The molecule has 1 aromatic heterocycles. The minimum atomic E-state index is -1.02. The van der Waals surface area contributed by atoms with Gasteiger partial charge in [0.25, 0.3) is 0 Å².